The van der Waals surface area contributed by atoms with E-state index in [1.54, 1.807) is 7.05 Å². The number of thiazole rings is 1. The van der Waals surface area contributed by atoms with Gasteiger partial charge < -0.3 is 16.4 Å². The Hall–Kier alpha value is -1.82. The van der Waals surface area contributed by atoms with E-state index in [2.05, 4.69) is 15.6 Å². The van der Waals surface area contributed by atoms with Crippen LogP contribution >= 0.6 is 11.3 Å². The molecule has 0 aliphatic heterocycles. The average Bonchev–Trinajstić information content (AvgIpc) is 2.67. The molecule has 5 nitrogen and oxygen atoms in total. The standard InChI is InChI=1S/C10H12N4OS/c1-12-9(15)5-13-10-14-7-3-2-6(11)4-8(7)16-10/h2-4H,5,11H2,1H3,(H,12,15)(H,13,14). The van der Waals surface area contributed by atoms with Crippen LogP contribution in [0.2, 0.25) is 0 Å². The first-order chi connectivity index (χ1) is 7.69. The van der Waals surface area contributed by atoms with Crippen molar-refractivity contribution in [2.24, 2.45) is 0 Å². The number of fused-ring (bicyclic) bond motifs is 1. The van der Waals surface area contributed by atoms with Gasteiger partial charge in [-0.15, -0.1) is 0 Å². The van der Waals surface area contributed by atoms with Gasteiger partial charge in [0.2, 0.25) is 5.91 Å². The summed E-state index contributed by atoms with van der Waals surface area (Å²) in [5.41, 5.74) is 7.28. The van der Waals surface area contributed by atoms with Crippen LogP contribution < -0.4 is 16.4 Å². The molecular formula is C10H12N4OS. The molecule has 0 atom stereocenters. The third-order valence-corrected chi connectivity index (χ3v) is 3.07. The van der Waals surface area contributed by atoms with Gasteiger partial charge in [-0.2, -0.15) is 0 Å². The van der Waals surface area contributed by atoms with Crippen molar-refractivity contribution in [1.29, 1.82) is 0 Å². The number of nitrogens with zero attached hydrogens (tertiary/aromatic N) is 1. The molecule has 0 aliphatic carbocycles. The third-order valence-electron chi connectivity index (χ3n) is 2.09. The fourth-order valence-corrected chi connectivity index (χ4v) is 2.17. The Morgan fingerprint density at radius 1 is 1.56 bits per heavy atom. The monoisotopic (exact) mass is 236 g/mol. The predicted octanol–water partition coefficient (Wildman–Crippen LogP) is 1.04. The van der Waals surface area contributed by atoms with Gasteiger partial charge in [-0.3, -0.25) is 4.79 Å². The van der Waals surface area contributed by atoms with Crippen LogP contribution in [-0.2, 0) is 4.79 Å². The molecule has 1 aromatic heterocycles. The molecule has 1 heterocycles. The number of hydrogen-bond acceptors (Lipinski definition) is 5. The van der Waals surface area contributed by atoms with E-state index < -0.39 is 0 Å². The number of anilines is 2. The summed E-state index contributed by atoms with van der Waals surface area (Å²) in [4.78, 5) is 15.4. The largest absolute Gasteiger partial charge is 0.399 e. The Morgan fingerprint density at radius 2 is 2.38 bits per heavy atom. The van der Waals surface area contributed by atoms with Crippen molar-refractivity contribution in [2.45, 2.75) is 0 Å². The highest BCUT2D eigenvalue weighted by molar-refractivity contribution is 7.22. The van der Waals surface area contributed by atoms with Crippen LogP contribution in [0.3, 0.4) is 0 Å². The minimum Gasteiger partial charge on any atom is -0.399 e. The summed E-state index contributed by atoms with van der Waals surface area (Å²) in [6.45, 7) is 0.228. The van der Waals surface area contributed by atoms with E-state index in [1.807, 2.05) is 18.2 Å². The molecule has 1 aromatic carbocycles. The number of benzene rings is 1. The van der Waals surface area contributed by atoms with E-state index in [-0.39, 0.29) is 12.5 Å². The number of likely N-dealkylation sites (N-methyl/N-ethyl adjacent to an activating group) is 1. The zero-order valence-corrected chi connectivity index (χ0v) is 9.60. The molecule has 2 rings (SSSR count). The summed E-state index contributed by atoms with van der Waals surface area (Å²) in [6, 6.07) is 5.55. The van der Waals surface area contributed by atoms with E-state index in [1.165, 1.54) is 11.3 Å². The van der Waals surface area contributed by atoms with Gasteiger partial charge in [-0.25, -0.2) is 4.98 Å². The van der Waals surface area contributed by atoms with E-state index in [9.17, 15) is 4.79 Å². The minimum absolute atomic E-state index is 0.0706. The molecule has 0 radical (unpaired) electrons. The fourth-order valence-electron chi connectivity index (χ4n) is 1.26. The van der Waals surface area contributed by atoms with Gasteiger partial charge in [0.15, 0.2) is 5.13 Å². The lowest BCUT2D eigenvalue weighted by molar-refractivity contribution is -0.118. The molecule has 4 N–H and O–H groups in total. The number of amides is 1. The molecule has 16 heavy (non-hydrogen) atoms. The summed E-state index contributed by atoms with van der Waals surface area (Å²) < 4.78 is 1.01. The summed E-state index contributed by atoms with van der Waals surface area (Å²) in [5, 5.41) is 6.22. The first-order valence-corrected chi connectivity index (χ1v) is 5.61. The smallest absolute Gasteiger partial charge is 0.239 e. The second kappa shape index (κ2) is 4.36. The molecule has 2 aromatic rings. The third kappa shape index (κ3) is 2.22. The maximum Gasteiger partial charge on any atom is 0.239 e. The number of nitrogens with two attached hydrogens (primary N) is 1. The number of rotatable bonds is 3. The second-order valence-electron chi connectivity index (χ2n) is 3.27. The van der Waals surface area contributed by atoms with Crippen molar-refractivity contribution in [3.8, 4) is 0 Å². The number of nitrogens with one attached hydrogen (secondary N) is 2. The minimum atomic E-state index is -0.0706. The van der Waals surface area contributed by atoms with Gasteiger partial charge in [0.1, 0.15) is 0 Å². The Balaban J connectivity index is 2.16. The van der Waals surface area contributed by atoms with E-state index in [4.69, 9.17) is 5.73 Å². The van der Waals surface area contributed by atoms with Crippen molar-refractivity contribution in [1.82, 2.24) is 10.3 Å². The SMILES string of the molecule is CNC(=O)CNc1nc2ccc(N)cc2s1. The van der Waals surface area contributed by atoms with Gasteiger partial charge in [0, 0.05) is 12.7 Å². The zero-order valence-electron chi connectivity index (χ0n) is 8.78. The maximum atomic E-state index is 11.0. The Morgan fingerprint density at radius 3 is 3.12 bits per heavy atom. The molecule has 6 heteroatoms. The molecule has 0 fully saturated rings. The normalized spacial score (nSPS) is 10.3. The van der Waals surface area contributed by atoms with Crippen LogP contribution in [0.15, 0.2) is 18.2 Å². The van der Waals surface area contributed by atoms with Crippen LogP contribution in [0.1, 0.15) is 0 Å². The van der Waals surface area contributed by atoms with Gasteiger partial charge in [0.05, 0.1) is 16.8 Å². The van der Waals surface area contributed by atoms with E-state index in [0.717, 1.165) is 15.3 Å². The summed E-state index contributed by atoms with van der Waals surface area (Å²) >= 11 is 1.48. The number of aromatic nitrogens is 1. The Bertz CT molecular complexity index is 523. The van der Waals surface area contributed by atoms with Crippen molar-refractivity contribution in [3.05, 3.63) is 18.2 Å². The highest BCUT2D eigenvalue weighted by Gasteiger charge is 2.04. The quantitative estimate of drug-likeness (QED) is 0.695. The summed E-state index contributed by atoms with van der Waals surface area (Å²) in [5.74, 6) is -0.0706. The molecule has 0 spiro atoms. The van der Waals surface area contributed by atoms with E-state index >= 15 is 0 Å². The number of nitrogen functional groups attached to an aromatic ring is 1. The first-order valence-electron chi connectivity index (χ1n) is 4.79. The fraction of sp³-hybridized carbons (Fsp3) is 0.200. The number of carbonyl (C=O) groups is 1. The van der Waals surface area contributed by atoms with Crippen molar-refractivity contribution >= 4 is 38.3 Å². The van der Waals surface area contributed by atoms with Gasteiger partial charge in [-0.05, 0) is 18.2 Å². The van der Waals surface area contributed by atoms with Gasteiger partial charge in [-0.1, -0.05) is 11.3 Å². The first kappa shape index (κ1) is 10.7. The predicted molar refractivity (Wildman–Crippen MR) is 66.6 cm³/mol. The zero-order chi connectivity index (χ0) is 11.5. The van der Waals surface area contributed by atoms with Gasteiger partial charge in [0.25, 0.3) is 0 Å². The number of hydrogen-bond donors (Lipinski definition) is 3. The highest BCUT2D eigenvalue weighted by atomic mass is 32.1. The second-order valence-corrected chi connectivity index (χ2v) is 4.30. The Kier molecular flexibility index (Phi) is 2.91. The lowest BCUT2D eigenvalue weighted by atomic mass is 10.3. The molecule has 84 valence electrons. The summed E-state index contributed by atoms with van der Waals surface area (Å²) in [6.07, 6.45) is 0. The lowest BCUT2D eigenvalue weighted by Crippen LogP contribution is -2.26. The van der Waals surface area contributed by atoms with Crippen molar-refractivity contribution < 1.29 is 4.79 Å². The summed E-state index contributed by atoms with van der Waals surface area (Å²) in [7, 11) is 1.60. The lowest BCUT2D eigenvalue weighted by Gasteiger charge is -1.99. The maximum absolute atomic E-state index is 11.0. The van der Waals surface area contributed by atoms with E-state index in [0.29, 0.717) is 5.69 Å². The van der Waals surface area contributed by atoms with Crippen LogP contribution in [0.4, 0.5) is 10.8 Å². The van der Waals surface area contributed by atoms with Crippen molar-refractivity contribution in [3.63, 3.8) is 0 Å². The molecule has 0 bridgehead atoms. The van der Waals surface area contributed by atoms with Crippen LogP contribution in [0.25, 0.3) is 10.2 Å². The number of carbonyl (C=O) groups excluding carboxylic acids is 1. The highest BCUT2D eigenvalue weighted by Crippen LogP contribution is 2.27. The van der Waals surface area contributed by atoms with Crippen LogP contribution in [0.5, 0.6) is 0 Å². The Labute approximate surface area is 96.7 Å². The topological polar surface area (TPSA) is 80.0 Å². The van der Waals surface area contributed by atoms with Gasteiger partial charge >= 0.3 is 0 Å². The molecule has 1 amide bonds. The molecule has 0 unspecified atom stereocenters. The molecule has 0 saturated carbocycles. The average molecular weight is 236 g/mol. The van der Waals surface area contributed by atoms with Crippen molar-refractivity contribution in [2.75, 3.05) is 24.6 Å². The molecule has 0 aliphatic rings. The van der Waals surface area contributed by atoms with Crippen LogP contribution in [-0.4, -0.2) is 24.5 Å². The molecular weight excluding hydrogens is 224 g/mol. The van der Waals surface area contributed by atoms with Crippen LogP contribution in [0, 0.1) is 0 Å². The molecule has 0 saturated heterocycles.